The van der Waals surface area contributed by atoms with E-state index in [4.69, 9.17) is 14.2 Å². The van der Waals surface area contributed by atoms with Gasteiger partial charge in [0.2, 0.25) is 5.75 Å². The highest BCUT2D eigenvalue weighted by atomic mass is 16.5. The van der Waals surface area contributed by atoms with E-state index in [0.29, 0.717) is 33.8 Å². The van der Waals surface area contributed by atoms with Gasteiger partial charge in [0.15, 0.2) is 11.5 Å². The molecule has 0 fully saturated rings. The molecule has 1 aromatic heterocycles. The number of imidazole rings is 1. The quantitative estimate of drug-likeness (QED) is 0.658. The molecule has 0 aliphatic heterocycles. The summed E-state index contributed by atoms with van der Waals surface area (Å²) in [4.78, 5) is 29.2. The summed E-state index contributed by atoms with van der Waals surface area (Å²) in [5, 5.41) is 2.77. The van der Waals surface area contributed by atoms with E-state index in [-0.39, 0.29) is 17.3 Å². The molecule has 0 saturated carbocycles. The van der Waals surface area contributed by atoms with Crippen LogP contribution in [0.3, 0.4) is 0 Å². The zero-order chi connectivity index (χ0) is 18.0. The third-order valence-electron chi connectivity index (χ3n) is 3.72. The Hall–Kier alpha value is -3.42. The standard InChI is InChI=1S/C17H17N3O5/c1-23-13-7-5-10(14(24-2)15(13)25-3)16(21)18-9-4-6-11-12(8-9)20-17(22)19-11/h4-8H,1-3H3,(H,18,21)(H2,19,20,22). The number of rotatable bonds is 5. The Balaban J connectivity index is 1.95. The van der Waals surface area contributed by atoms with E-state index >= 15 is 0 Å². The number of H-pyrrole nitrogens is 2. The molecule has 0 radical (unpaired) electrons. The number of amides is 1. The zero-order valence-electron chi connectivity index (χ0n) is 13.9. The van der Waals surface area contributed by atoms with Crippen LogP contribution in [-0.4, -0.2) is 37.2 Å². The summed E-state index contributed by atoms with van der Waals surface area (Å²) in [7, 11) is 4.42. The third kappa shape index (κ3) is 3.01. The number of hydrogen-bond donors (Lipinski definition) is 3. The monoisotopic (exact) mass is 343 g/mol. The Morgan fingerprint density at radius 2 is 1.64 bits per heavy atom. The van der Waals surface area contributed by atoms with Gasteiger partial charge in [0, 0.05) is 5.69 Å². The van der Waals surface area contributed by atoms with Gasteiger partial charge in [0.05, 0.1) is 37.9 Å². The van der Waals surface area contributed by atoms with Crippen LogP contribution < -0.4 is 25.2 Å². The van der Waals surface area contributed by atoms with Gasteiger partial charge in [-0.15, -0.1) is 0 Å². The van der Waals surface area contributed by atoms with E-state index in [1.165, 1.54) is 21.3 Å². The number of benzene rings is 2. The summed E-state index contributed by atoms with van der Waals surface area (Å²) in [5.41, 5.74) is 1.78. The third-order valence-corrected chi connectivity index (χ3v) is 3.72. The van der Waals surface area contributed by atoms with Crippen LogP contribution in [0.15, 0.2) is 35.1 Å². The lowest BCUT2D eigenvalue weighted by Crippen LogP contribution is -2.14. The first-order valence-corrected chi connectivity index (χ1v) is 7.39. The molecule has 0 saturated heterocycles. The Morgan fingerprint density at radius 1 is 0.920 bits per heavy atom. The van der Waals surface area contributed by atoms with Gasteiger partial charge in [-0.1, -0.05) is 0 Å². The Morgan fingerprint density at radius 3 is 2.32 bits per heavy atom. The number of fused-ring (bicyclic) bond motifs is 1. The van der Waals surface area contributed by atoms with Gasteiger partial charge in [-0.05, 0) is 30.3 Å². The minimum absolute atomic E-state index is 0.274. The summed E-state index contributed by atoms with van der Waals surface area (Å²) < 4.78 is 15.8. The van der Waals surface area contributed by atoms with E-state index in [2.05, 4.69) is 15.3 Å². The molecule has 130 valence electrons. The van der Waals surface area contributed by atoms with Gasteiger partial charge in [-0.25, -0.2) is 4.79 Å². The number of nitrogens with one attached hydrogen (secondary N) is 3. The fourth-order valence-electron chi connectivity index (χ4n) is 2.59. The molecule has 0 bridgehead atoms. The molecule has 0 spiro atoms. The predicted molar refractivity (Wildman–Crippen MR) is 93.0 cm³/mol. The summed E-state index contributed by atoms with van der Waals surface area (Å²) in [6, 6.07) is 8.28. The van der Waals surface area contributed by atoms with E-state index in [9.17, 15) is 9.59 Å². The fraction of sp³-hybridized carbons (Fsp3) is 0.176. The first-order valence-electron chi connectivity index (χ1n) is 7.39. The molecule has 2 aromatic carbocycles. The number of carbonyl (C=O) groups excluding carboxylic acids is 1. The van der Waals surface area contributed by atoms with Crippen LogP contribution >= 0.6 is 0 Å². The Bertz CT molecular complexity index is 990. The second kappa shape index (κ2) is 6.60. The van der Waals surface area contributed by atoms with Crippen LogP contribution in [0.4, 0.5) is 5.69 Å². The van der Waals surface area contributed by atoms with Crippen molar-refractivity contribution < 1.29 is 19.0 Å². The maximum Gasteiger partial charge on any atom is 0.323 e. The predicted octanol–water partition coefficient (Wildman–Crippen LogP) is 2.13. The average Bonchev–Trinajstić information content (AvgIpc) is 2.99. The van der Waals surface area contributed by atoms with Gasteiger partial charge in [0.25, 0.3) is 5.91 Å². The molecule has 8 heteroatoms. The van der Waals surface area contributed by atoms with Gasteiger partial charge in [-0.3, -0.25) is 4.79 Å². The van der Waals surface area contributed by atoms with Crippen LogP contribution in [0.1, 0.15) is 10.4 Å². The van der Waals surface area contributed by atoms with Gasteiger partial charge >= 0.3 is 5.69 Å². The first-order chi connectivity index (χ1) is 12.1. The second-order valence-electron chi connectivity index (χ2n) is 5.18. The van der Waals surface area contributed by atoms with Crippen molar-refractivity contribution in [2.24, 2.45) is 0 Å². The highest BCUT2D eigenvalue weighted by Gasteiger charge is 2.20. The molecule has 0 unspecified atom stereocenters. The van der Waals surface area contributed by atoms with Crippen LogP contribution in [0, 0.1) is 0 Å². The lowest BCUT2D eigenvalue weighted by Gasteiger charge is -2.15. The lowest BCUT2D eigenvalue weighted by molar-refractivity contribution is 0.102. The average molecular weight is 343 g/mol. The number of aromatic amines is 2. The van der Waals surface area contributed by atoms with Crippen LogP contribution in [0.2, 0.25) is 0 Å². The van der Waals surface area contributed by atoms with Crippen LogP contribution in [0.25, 0.3) is 11.0 Å². The number of carbonyl (C=O) groups is 1. The second-order valence-corrected chi connectivity index (χ2v) is 5.18. The van der Waals surface area contributed by atoms with Crippen LogP contribution in [-0.2, 0) is 0 Å². The molecular weight excluding hydrogens is 326 g/mol. The molecule has 25 heavy (non-hydrogen) atoms. The molecular formula is C17H17N3O5. The van der Waals surface area contributed by atoms with Crippen molar-refractivity contribution in [2.75, 3.05) is 26.6 Å². The minimum Gasteiger partial charge on any atom is -0.493 e. The number of aromatic nitrogens is 2. The van der Waals surface area contributed by atoms with E-state index in [1.54, 1.807) is 30.3 Å². The number of methoxy groups -OCH3 is 3. The Kier molecular flexibility index (Phi) is 4.34. The van der Waals surface area contributed by atoms with Crippen LogP contribution in [0.5, 0.6) is 17.2 Å². The Labute approximate surface area is 142 Å². The molecule has 3 rings (SSSR count). The van der Waals surface area contributed by atoms with E-state index < -0.39 is 0 Å². The van der Waals surface area contributed by atoms with Crippen molar-refractivity contribution >= 4 is 22.6 Å². The molecule has 8 nitrogen and oxygen atoms in total. The number of anilines is 1. The molecule has 3 N–H and O–H groups in total. The minimum atomic E-state index is -0.380. The topological polar surface area (TPSA) is 105 Å². The summed E-state index contributed by atoms with van der Waals surface area (Å²) in [6.07, 6.45) is 0. The zero-order valence-corrected chi connectivity index (χ0v) is 13.9. The van der Waals surface area contributed by atoms with Gasteiger partial charge < -0.3 is 29.5 Å². The van der Waals surface area contributed by atoms with Crippen molar-refractivity contribution in [3.05, 3.63) is 46.4 Å². The highest BCUT2D eigenvalue weighted by molar-refractivity contribution is 6.07. The lowest BCUT2D eigenvalue weighted by atomic mass is 10.1. The normalized spacial score (nSPS) is 10.5. The fourth-order valence-corrected chi connectivity index (χ4v) is 2.59. The number of hydrogen-bond acceptors (Lipinski definition) is 5. The summed E-state index contributed by atoms with van der Waals surface area (Å²) in [5.74, 6) is 0.691. The summed E-state index contributed by atoms with van der Waals surface area (Å²) in [6.45, 7) is 0. The van der Waals surface area contributed by atoms with Crippen molar-refractivity contribution in [3.63, 3.8) is 0 Å². The largest absolute Gasteiger partial charge is 0.493 e. The van der Waals surface area contributed by atoms with Crippen molar-refractivity contribution in [3.8, 4) is 17.2 Å². The van der Waals surface area contributed by atoms with Crippen molar-refractivity contribution in [1.29, 1.82) is 0 Å². The molecule has 0 aliphatic rings. The molecule has 3 aromatic rings. The van der Waals surface area contributed by atoms with Gasteiger partial charge in [0.1, 0.15) is 0 Å². The molecule has 1 heterocycles. The first kappa shape index (κ1) is 16.4. The SMILES string of the molecule is COc1ccc(C(=O)Nc2ccc3[nH]c(=O)[nH]c3c2)c(OC)c1OC. The smallest absolute Gasteiger partial charge is 0.323 e. The molecule has 0 aliphatic carbocycles. The number of ether oxygens (including phenoxy) is 3. The highest BCUT2D eigenvalue weighted by Crippen LogP contribution is 2.39. The molecule has 0 atom stereocenters. The molecule has 1 amide bonds. The maximum atomic E-state index is 12.6. The van der Waals surface area contributed by atoms with E-state index in [0.717, 1.165) is 0 Å². The maximum absolute atomic E-state index is 12.6. The summed E-state index contributed by atoms with van der Waals surface area (Å²) >= 11 is 0. The van der Waals surface area contributed by atoms with Crippen molar-refractivity contribution in [1.82, 2.24) is 9.97 Å². The van der Waals surface area contributed by atoms with Gasteiger partial charge in [-0.2, -0.15) is 0 Å². The van der Waals surface area contributed by atoms with Crippen molar-refractivity contribution in [2.45, 2.75) is 0 Å². The van der Waals surface area contributed by atoms with E-state index in [1.807, 2.05) is 0 Å².